The molecule has 0 amide bonds. The van der Waals surface area contributed by atoms with Crippen LogP contribution in [0.15, 0.2) is 34.3 Å². The molecule has 2 aromatic rings. The Labute approximate surface area is 144 Å². The molecule has 0 spiro atoms. The van der Waals surface area contributed by atoms with Gasteiger partial charge in [0.25, 0.3) is 0 Å². The summed E-state index contributed by atoms with van der Waals surface area (Å²) in [5, 5.41) is 4.18. The number of halogens is 2. The fraction of sp³-hybridized carbons (Fsp3) is 0.125. The Morgan fingerprint density at radius 2 is 1.10 bits per heavy atom. The molecule has 0 unspecified atom stereocenters. The molecule has 0 bridgehead atoms. The van der Waals surface area contributed by atoms with Crippen molar-refractivity contribution in [3.63, 3.8) is 0 Å². The van der Waals surface area contributed by atoms with Crippen LogP contribution in [0, 0.1) is 21.0 Å². The number of nitrogens with zero attached hydrogens (tertiary/aromatic N) is 2. The quantitative estimate of drug-likeness (QED) is 0.509. The summed E-state index contributed by atoms with van der Waals surface area (Å²) in [7, 11) is 0. The first-order valence-corrected chi connectivity index (χ1v) is 8.39. The zero-order chi connectivity index (χ0) is 14.3. The zero-order valence-electron chi connectivity index (χ0n) is 11.1. The van der Waals surface area contributed by atoms with Crippen LogP contribution >= 0.6 is 45.2 Å². The summed E-state index contributed by atoms with van der Waals surface area (Å²) in [5.41, 5.74) is 2.36. The van der Waals surface area contributed by atoms with E-state index in [9.17, 15) is 0 Å². The van der Waals surface area contributed by atoms with Gasteiger partial charge in [-0.05, 0) is 94.4 Å². The summed E-state index contributed by atoms with van der Waals surface area (Å²) in [6.45, 7) is 4.18. The molecule has 0 aliphatic carbocycles. The molecule has 1 aliphatic rings. The summed E-state index contributed by atoms with van der Waals surface area (Å²) >= 11 is 4.66. The zero-order valence-corrected chi connectivity index (χ0v) is 15.4. The van der Waals surface area contributed by atoms with E-state index in [2.05, 4.69) is 93.3 Å². The Balaban J connectivity index is 2.47. The average molecular weight is 486 g/mol. The Bertz CT molecular complexity index is 864. The highest BCUT2D eigenvalue weighted by atomic mass is 127. The Morgan fingerprint density at radius 3 is 1.50 bits per heavy atom. The number of hydrogen-bond acceptors (Lipinski definition) is 2. The highest BCUT2D eigenvalue weighted by Gasteiger charge is 2.00. The minimum absolute atomic E-state index is 1.01. The Morgan fingerprint density at radius 1 is 0.700 bits per heavy atom. The molecular weight excluding hydrogens is 474 g/mol. The van der Waals surface area contributed by atoms with E-state index >= 15 is 0 Å². The average Bonchev–Trinajstić information content (AvgIpc) is 2.33. The third-order valence-corrected chi connectivity index (χ3v) is 4.50. The fourth-order valence-electron chi connectivity index (χ4n) is 2.34. The topological polar surface area (TPSA) is 24.7 Å². The van der Waals surface area contributed by atoms with Crippen LogP contribution in [-0.4, -0.2) is 0 Å². The fourth-order valence-corrected chi connectivity index (χ4v) is 3.95. The minimum atomic E-state index is 1.01. The van der Waals surface area contributed by atoms with Crippen LogP contribution < -0.4 is 21.2 Å². The predicted molar refractivity (Wildman–Crippen MR) is 98.3 cm³/mol. The summed E-state index contributed by atoms with van der Waals surface area (Å²) < 4.78 is 2.42. The van der Waals surface area contributed by atoms with Crippen LogP contribution in [0.3, 0.4) is 0 Å². The first-order valence-electron chi connectivity index (χ1n) is 6.23. The first kappa shape index (κ1) is 14.2. The van der Waals surface area contributed by atoms with Crippen molar-refractivity contribution >= 4 is 57.6 Å². The summed E-state index contributed by atoms with van der Waals surface area (Å²) in [4.78, 5) is 9.38. The van der Waals surface area contributed by atoms with Crippen LogP contribution in [0.5, 0.6) is 0 Å². The molecule has 0 saturated carbocycles. The normalized spacial score (nSPS) is 19.4. The van der Waals surface area contributed by atoms with Crippen molar-refractivity contribution in [2.45, 2.75) is 13.8 Å². The molecular formula is C16H12I2N2. The van der Waals surface area contributed by atoms with E-state index in [0.717, 1.165) is 21.2 Å². The molecule has 0 atom stereocenters. The van der Waals surface area contributed by atoms with Gasteiger partial charge in [0.1, 0.15) is 0 Å². The van der Waals surface area contributed by atoms with E-state index < -0.39 is 0 Å². The molecule has 20 heavy (non-hydrogen) atoms. The molecule has 0 radical (unpaired) electrons. The molecule has 1 aliphatic heterocycles. The minimum Gasteiger partial charge on any atom is -0.255 e. The molecule has 0 saturated heterocycles. The van der Waals surface area contributed by atoms with Crippen molar-refractivity contribution < 1.29 is 0 Å². The second-order valence-corrected chi connectivity index (χ2v) is 7.33. The van der Waals surface area contributed by atoms with Crippen molar-refractivity contribution in [1.82, 2.24) is 0 Å². The molecule has 0 aromatic heterocycles. The summed E-state index contributed by atoms with van der Waals surface area (Å²) in [5.74, 6) is 0. The summed E-state index contributed by atoms with van der Waals surface area (Å²) in [6.07, 6.45) is 3.86. The maximum Gasteiger partial charge on any atom is 0.0747 e. The maximum absolute atomic E-state index is 4.69. The van der Waals surface area contributed by atoms with Gasteiger partial charge in [-0.2, -0.15) is 0 Å². The van der Waals surface area contributed by atoms with Crippen LogP contribution in [0.1, 0.15) is 11.1 Å². The molecule has 3 rings (SSSR count). The molecule has 2 nitrogen and oxygen atoms in total. The summed E-state index contributed by atoms with van der Waals surface area (Å²) in [6, 6.07) is 8.54. The number of rotatable bonds is 0. The van der Waals surface area contributed by atoms with Gasteiger partial charge in [0.2, 0.25) is 0 Å². The van der Waals surface area contributed by atoms with E-state index in [1.165, 1.54) is 18.3 Å². The molecule has 100 valence electrons. The lowest BCUT2D eigenvalue weighted by Crippen LogP contribution is -2.33. The van der Waals surface area contributed by atoms with Crippen LogP contribution in [0.2, 0.25) is 0 Å². The van der Waals surface area contributed by atoms with Gasteiger partial charge in [-0.1, -0.05) is 0 Å². The molecule has 0 N–H and O–H groups in total. The number of benzene rings is 2. The van der Waals surface area contributed by atoms with Gasteiger partial charge in [-0.25, -0.2) is 0 Å². The number of aryl methyl sites for hydroxylation is 2. The van der Waals surface area contributed by atoms with Gasteiger partial charge < -0.3 is 0 Å². The van der Waals surface area contributed by atoms with Gasteiger partial charge in [-0.15, -0.1) is 0 Å². The van der Waals surface area contributed by atoms with E-state index in [1.54, 1.807) is 0 Å². The number of fused-ring (bicyclic) bond motifs is 2. The molecule has 1 heterocycles. The van der Waals surface area contributed by atoms with Crippen molar-refractivity contribution in [1.29, 1.82) is 0 Å². The van der Waals surface area contributed by atoms with E-state index in [1.807, 2.05) is 12.4 Å². The second-order valence-electron chi connectivity index (χ2n) is 4.84. The smallest absolute Gasteiger partial charge is 0.0747 e. The standard InChI is InChI=1S/C16H12I2N2/c1-9-3-13(17)5-11-7-20-16-10(2)4-14(18)6-12(16)8-19-15(9)11/h3-8H,1-2H3/b11-7-,12-8-,19-8?,19-15+,20-7?,20-16+. The molecule has 0 fully saturated rings. The van der Waals surface area contributed by atoms with E-state index in [-0.39, 0.29) is 0 Å². The van der Waals surface area contributed by atoms with Crippen molar-refractivity contribution in [2.24, 2.45) is 9.98 Å². The SMILES string of the molecule is Cc1cc(I)cc2/c1=N/C=c1/cc(I)cc(C)/c1=N\C=2. The van der Waals surface area contributed by atoms with Gasteiger partial charge >= 0.3 is 0 Å². The largest absolute Gasteiger partial charge is 0.255 e. The van der Waals surface area contributed by atoms with Gasteiger partial charge in [0.15, 0.2) is 0 Å². The monoisotopic (exact) mass is 486 g/mol. The van der Waals surface area contributed by atoms with Crippen molar-refractivity contribution in [3.8, 4) is 0 Å². The maximum atomic E-state index is 4.69. The number of hydrogen-bond donors (Lipinski definition) is 0. The Kier molecular flexibility index (Phi) is 3.94. The van der Waals surface area contributed by atoms with Crippen LogP contribution in [-0.2, 0) is 0 Å². The van der Waals surface area contributed by atoms with Gasteiger partial charge in [0.05, 0.1) is 10.7 Å². The third-order valence-electron chi connectivity index (χ3n) is 3.25. The molecule has 2 aromatic carbocycles. The lowest BCUT2D eigenvalue weighted by atomic mass is 10.1. The Hall–Kier alpha value is -0.760. The van der Waals surface area contributed by atoms with Gasteiger partial charge in [-0.3, -0.25) is 9.98 Å². The van der Waals surface area contributed by atoms with Crippen LogP contribution in [0.4, 0.5) is 0 Å². The van der Waals surface area contributed by atoms with Gasteiger partial charge in [0, 0.05) is 30.0 Å². The third kappa shape index (κ3) is 2.67. The molecule has 4 heteroatoms. The van der Waals surface area contributed by atoms with E-state index in [4.69, 9.17) is 0 Å². The van der Waals surface area contributed by atoms with Crippen LogP contribution in [0.25, 0.3) is 12.4 Å². The highest BCUT2D eigenvalue weighted by Crippen LogP contribution is 2.02. The highest BCUT2D eigenvalue weighted by molar-refractivity contribution is 14.1. The second kappa shape index (κ2) is 5.55. The van der Waals surface area contributed by atoms with Crippen molar-refractivity contribution in [3.05, 3.63) is 63.7 Å². The lowest BCUT2D eigenvalue weighted by molar-refractivity contribution is 1.19. The predicted octanol–water partition coefficient (Wildman–Crippen LogP) is 1.94. The first-order chi connectivity index (χ1) is 9.54. The van der Waals surface area contributed by atoms with Crippen molar-refractivity contribution in [2.75, 3.05) is 0 Å². The van der Waals surface area contributed by atoms with E-state index in [0.29, 0.717) is 0 Å². The lowest BCUT2D eigenvalue weighted by Gasteiger charge is -2.01.